The van der Waals surface area contributed by atoms with Gasteiger partial charge in [0.1, 0.15) is 5.82 Å². The Labute approximate surface area is 74.5 Å². The highest BCUT2D eigenvalue weighted by atomic mass is 16.5. The molecule has 0 bridgehead atoms. The number of ether oxygens (including phenoxy) is 1. The van der Waals surface area contributed by atoms with Gasteiger partial charge in [0.2, 0.25) is 5.88 Å². The monoisotopic (exact) mass is 179 g/mol. The lowest BCUT2D eigenvalue weighted by Crippen LogP contribution is -2.02. The second kappa shape index (κ2) is 2.65. The van der Waals surface area contributed by atoms with E-state index < -0.39 is 0 Å². The Morgan fingerprint density at radius 1 is 1.31 bits per heavy atom. The molecule has 0 spiro atoms. The van der Waals surface area contributed by atoms with E-state index in [1.807, 2.05) is 13.8 Å². The zero-order valence-electron chi connectivity index (χ0n) is 7.64. The average molecular weight is 179 g/mol. The molecular formula is C7H9N5O. The van der Waals surface area contributed by atoms with Gasteiger partial charge in [-0.15, -0.1) is 5.10 Å². The Hall–Kier alpha value is -1.72. The van der Waals surface area contributed by atoms with Gasteiger partial charge in [-0.25, -0.2) is 0 Å². The molecule has 0 aliphatic carbocycles. The first-order chi connectivity index (χ1) is 6.24. The zero-order chi connectivity index (χ0) is 9.42. The van der Waals surface area contributed by atoms with E-state index in [9.17, 15) is 0 Å². The van der Waals surface area contributed by atoms with E-state index in [4.69, 9.17) is 4.74 Å². The largest absolute Gasteiger partial charge is 0.481 e. The van der Waals surface area contributed by atoms with Crippen molar-refractivity contribution in [3.8, 4) is 5.88 Å². The average Bonchev–Trinajstić information content (AvgIpc) is 2.60. The first-order valence-corrected chi connectivity index (χ1v) is 3.83. The molecule has 13 heavy (non-hydrogen) atoms. The van der Waals surface area contributed by atoms with E-state index in [0.717, 1.165) is 5.56 Å². The molecule has 68 valence electrons. The molecular weight excluding hydrogens is 170 g/mol. The topological polar surface area (TPSA) is 65.2 Å². The van der Waals surface area contributed by atoms with Gasteiger partial charge < -0.3 is 4.74 Å². The van der Waals surface area contributed by atoms with Crippen LogP contribution < -0.4 is 4.74 Å². The highest BCUT2D eigenvalue weighted by Gasteiger charge is 2.10. The normalized spacial score (nSPS) is 10.7. The number of fused-ring (bicyclic) bond motifs is 1. The minimum atomic E-state index is 0.569. The second-order valence-electron chi connectivity index (χ2n) is 2.71. The third kappa shape index (κ3) is 1.02. The molecule has 0 aliphatic heterocycles. The number of hydrogen-bond donors (Lipinski definition) is 0. The summed E-state index contributed by atoms with van der Waals surface area (Å²) in [6.07, 6.45) is 0. The number of hydrogen-bond acceptors (Lipinski definition) is 5. The van der Waals surface area contributed by atoms with Crippen molar-refractivity contribution in [2.45, 2.75) is 13.8 Å². The van der Waals surface area contributed by atoms with Gasteiger partial charge in [-0.1, -0.05) is 0 Å². The van der Waals surface area contributed by atoms with Crippen molar-refractivity contribution in [2.24, 2.45) is 0 Å². The van der Waals surface area contributed by atoms with Gasteiger partial charge in [0.05, 0.1) is 12.7 Å². The molecule has 0 amide bonds. The molecule has 2 aromatic rings. The number of rotatable bonds is 1. The van der Waals surface area contributed by atoms with Crippen LogP contribution in [0.15, 0.2) is 0 Å². The van der Waals surface area contributed by atoms with Crippen molar-refractivity contribution in [3.63, 3.8) is 0 Å². The Bertz CT molecular complexity index is 449. The fourth-order valence-electron chi connectivity index (χ4n) is 1.21. The summed E-state index contributed by atoms with van der Waals surface area (Å²) >= 11 is 0. The predicted molar refractivity (Wildman–Crippen MR) is 44.6 cm³/mol. The smallest absolute Gasteiger partial charge is 0.221 e. The van der Waals surface area contributed by atoms with Crippen molar-refractivity contribution in [1.82, 2.24) is 25.0 Å². The van der Waals surface area contributed by atoms with Gasteiger partial charge >= 0.3 is 0 Å². The third-order valence-corrected chi connectivity index (χ3v) is 1.89. The molecule has 6 nitrogen and oxygen atoms in total. The molecule has 0 aliphatic rings. The van der Waals surface area contributed by atoms with Crippen molar-refractivity contribution in [3.05, 3.63) is 11.4 Å². The van der Waals surface area contributed by atoms with E-state index in [1.165, 1.54) is 0 Å². The molecule has 0 N–H and O–H groups in total. The van der Waals surface area contributed by atoms with E-state index in [1.54, 1.807) is 11.6 Å². The lowest BCUT2D eigenvalue weighted by molar-refractivity contribution is 0.392. The van der Waals surface area contributed by atoms with E-state index in [0.29, 0.717) is 17.4 Å². The highest BCUT2D eigenvalue weighted by molar-refractivity contribution is 5.50. The van der Waals surface area contributed by atoms with Crippen molar-refractivity contribution >= 4 is 5.65 Å². The fraction of sp³-hybridized carbons (Fsp3) is 0.429. The first kappa shape index (κ1) is 7.90. The van der Waals surface area contributed by atoms with Crippen LogP contribution in [0.3, 0.4) is 0 Å². The quantitative estimate of drug-likeness (QED) is 0.623. The molecule has 2 aromatic heterocycles. The van der Waals surface area contributed by atoms with Crippen LogP contribution in [0.4, 0.5) is 0 Å². The third-order valence-electron chi connectivity index (χ3n) is 1.89. The minimum absolute atomic E-state index is 0.569. The maximum absolute atomic E-state index is 5.08. The molecule has 0 saturated carbocycles. The van der Waals surface area contributed by atoms with E-state index in [-0.39, 0.29) is 0 Å². The summed E-state index contributed by atoms with van der Waals surface area (Å²) in [7, 11) is 1.58. The summed E-state index contributed by atoms with van der Waals surface area (Å²) in [6, 6.07) is 0. The fourth-order valence-corrected chi connectivity index (χ4v) is 1.21. The first-order valence-electron chi connectivity index (χ1n) is 3.83. The molecule has 0 atom stereocenters. The highest BCUT2D eigenvalue weighted by Crippen LogP contribution is 2.17. The number of tetrazole rings is 1. The van der Waals surface area contributed by atoms with Crippen molar-refractivity contribution < 1.29 is 4.74 Å². The van der Waals surface area contributed by atoms with Crippen LogP contribution in [0.25, 0.3) is 5.65 Å². The molecule has 0 saturated heterocycles. The lowest BCUT2D eigenvalue weighted by Gasteiger charge is -2.04. The summed E-state index contributed by atoms with van der Waals surface area (Å²) in [5.74, 6) is 1.28. The van der Waals surface area contributed by atoms with E-state index in [2.05, 4.69) is 20.5 Å². The molecule has 0 radical (unpaired) electrons. The van der Waals surface area contributed by atoms with Gasteiger partial charge in [0, 0.05) is 0 Å². The standard InChI is InChI=1S/C7H9N5O/c1-4-6-9-10-11-12(6)5(2)8-7(4)13-3/h1-3H3. The molecule has 0 fully saturated rings. The van der Waals surface area contributed by atoms with Crippen LogP contribution >= 0.6 is 0 Å². The van der Waals surface area contributed by atoms with Crippen LogP contribution in [-0.2, 0) is 0 Å². The maximum atomic E-state index is 5.08. The molecule has 0 aromatic carbocycles. The number of methoxy groups -OCH3 is 1. The zero-order valence-corrected chi connectivity index (χ0v) is 7.64. The van der Waals surface area contributed by atoms with Gasteiger partial charge in [0.15, 0.2) is 5.65 Å². The van der Waals surface area contributed by atoms with Gasteiger partial charge in [-0.2, -0.15) is 9.50 Å². The molecule has 0 unspecified atom stereocenters. The van der Waals surface area contributed by atoms with Gasteiger partial charge in [-0.3, -0.25) is 0 Å². The van der Waals surface area contributed by atoms with Crippen LogP contribution in [0.5, 0.6) is 5.88 Å². The number of aryl methyl sites for hydroxylation is 2. The van der Waals surface area contributed by atoms with Crippen LogP contribution in [0.2, 0.25) is 0 Å². The SMILES string of the molecule is COc1nc(C)n2nnnc2c1C. The lowest BCUT2D eigenvalue weighted by atomic mass is 10.3. The summed E-state index contributed by atoms with van der Waals surface area (Å²) in [4.78, 5) is 4.19. The Morgan fingerprint density at radius 3 is 2.77 bits per heavy atom. The Balaban J connectivity index is 2.85. The molecule has 2 rings (SSSR count). The molecule has 6 heteroatoms. The number of aromatic nitrogens is 5. The summed E-state index contributed by atoms with van der Waals surface area (Å²) in [5, 5.41) is 11.2. The van der Waals surface area contributed by atoms with Gasteiger partial charge in [0.25, 0.3) is 0 Å². The van der Waals surface area contributed by atoms with Crippen molar-refractivity contribution in [2.75, 3.05) is 7.11 Å². The van der Waals surface area contributed by atoms with Crippen LogP contribution in [0, 0.1) is 13.8 Å². The number of nitrogens with zero attached hydrogens (tertiary/aromatic N) is 5. The summed E-state index contributed by atoms with van der Waals surface area (Å²) < 4.78 is 6.66. The van der Waals surface area contributed by atoms with Gasteiger partial charge in [-0.05, 0) is 24.3 Å². The maximum Gasteiger partial charge on any atom is 0.221 e. The predicted octanol–water partition coefficient (Wildman–Crippen LogP) is 0.145. The van der Waals surface area contributed by atoms with Crippen LogP contribution in [-0.4, -0.2) is 32.1 Å². The van der Waals surface area contributed by atoms with E-state index >= 15 is 0 Å². The van der Waals surface area contributed by atoms with Crippen molar-refractivity contribution in [1.29, 1.82) is 0 Å². The summed E-state index contributed by atoms with van der Waals surface area (Å²) in [5.41, 5.74) is 1.53. The van der Waals surface area contributed by atoms with Crippen LogP contribution in [0.1, 0.15) is 11.4 Å². The molecule has 2 heterocycles. The Morgan fingerprint density at radius 2 is 2.08 bits per heavy atom. The Kier molecular flexibility index (Phi) is 1.61. The minimum Gasteiger partial charge on any atom is -0.481 e. The summed E-state index contributed by atoms with van der Waals surface area (Å²) in [6.45, 7) is 3.70. The second-order valence-corrected chi connectivity index (χ2v) is 2.71.